The summed E-state index contributed by atoms with van der Waals surface area (Å²) >= 11 is 0. The van der Waals surface area contributed by atoms with Gasteiger partial charge >= 0.3 is 6.03 Å². The van der Waals surface area contributed by atoms with Gasteiger partial charge in [-0.25, -0.2) is 14.2 Å². The minimum Gasteiger partial charge on any atom is -0.453 e. The molecule has 27 heavy (non-hydrogen) atoms. The van der Waals surface area contributed by atoms with Crippen LogP contribution in [-0.2, 0) is 0 Å². The average molecular weight is 369 g/mol. The maximum Gasteiger partial charge on any atom is 0.321 e. The number of nitrogens with zero attached hydrogens (tertiary/aromatic N) is 3. The van der Waals surface area contributed by atoms with Gasteiger partial charge in [0.25, 0.3) is 0 Å². The summed E-state index contributed by atoms with van der Waals surface area (Å²) in [5.41, 5.74) is 1.06. The molecule has 0 saturated carbocycles. The van der Waals surface area contributed by atoms with Gasteiger partial charge in [0.15, 0.2) is 11.6 Å². The number of nitrogens with one attached hydrogen (secondary N) is 2. The Morgan fingerprint density at radius 3 is 2.78 bits per heavy atom. The molecule has 0 aliphatic carbocycles. The van der Waals surface area contributed by atoms with Crippen molar-refractivity contribution in [1.29, 1.82) is 0 Å². The van der Waals surface area contributed by atoms with E-state index in [0.29, 0.717) is 30.2 Å². The van der Waals surface area contributed by atoms with Crippen LogP contribution in [0.3, 0.4) is 0 Å². The number of likely N-dealkylation sites (N-methyl/N-ethyl adjacent to an activating group) is 1. The van der Waals surface area contributed by atoms with E-state index in [-0.39, 0.29) is 11.8 Å². The lowest BCUT2D eigenvalue weighted by molar-refractivity contribution is 0.164. The van der Waals surface area contributed by atoms with Crippen LogP contribution in [0.4, 0.5) is 14.9 Å². The predicted octanol–water partition coefficient (Wildman–Crippen LogP) is 3.27. The first-order valence-electron chi connectivity index (χ1n) is 8.74. The van der Waals surface area contributed by atoms with Gasteiger partial charge in [0.05, 0.1) is 5.39 Å². The maximum absolute atomic E-state index is 14.5. The number of piperazine rings is 1. The van der Waals surface area contributed by atoms with Crippen LogP contribution in [0.1, 0.15) is 0 Å². The summed E-state index contributed by atoms with van der Waals surface area (Å²) in [7, 11) is 2.02. The van der Waals surface area contributed by atoms with E-state index in [4.69, 9.17) is 4.74 Å². The van der Waals surface area contributed by atoms with Crippen LogP contribution in [-0.4, -0.2) is 59.0 Å². The zero-order valence-electron chi connectivity index (χ0n) is 14.9. The Labute approximate surface area is 155 Å². The van der Waals surface area contributed by atoms with Crippen molar-refractivity contribution in [3.05, 3.63) is 48.5 Å². The van der Waals surface area contributed by atoms with Gasteiger partial charge < -0.3 is 24.8 Å². The summed E-state index contributed by atoms with van der Waals surface area (Å²) in [6.07, 6.45) is 3.34. The molecule has 0 bridgehead atoms. The largest absolute Gasteiger partial charge is 0.453 e. The Hall–Kier alpha value is -3.13. The minimum absolute atomic E-state index is 0.0845. The zero-order valence-corrected chi connectivity index (χ0v) is 14.9. The van der Waals surface area contributed by atoms with Crippen molar-refractivity contribution in [2.24, 2.45) is 0 Å². The average Bonchev–Trinajstić information content (AvgIpc) is 3.14. The molecule has 7 nitrogen and oxygen atoms in total. The molecule has 3 heterocycles. The van der Waals surface area contributed by atoms with E-state index in [2.05, 4.69) is 20.2 Å². The number of urea groups is 1. The van der Waals surface area contributed by atoms with E-state index in [9.17, 15) is 9.18 Å². The highest BCUT2D eigenvalue weighted by Gasteiger charge is 2.19. The van der Waals surface area contributed by atoms with Gasteiger partial charge in [-0.2, -0.15) is 0 Å². The van der Waals surface area contributed by atoms with Crippen LogP contribution in [0.2, 0.25) is 0 Å². The van der Waals surface area contributed by atoms with Crippen LogP contribution >= 0.6 is 0 Å². The van der Waals surface area contributed by atoms with E-state index in [1.807, 2.05) is 13.1 Å². The van der Waals surface area contributed by atoms with Crippen molar-refractivity contribution in [3.63, 3.8) is 0 Å². The summed E-state index contributed by atoms with van der Waals surface area (Å²) in [6, 6.07) is 7.67. The number of hydrogen-bond donors (Lipinski definition) is 2. The molecule has 4 rings (SSSR count). The second-order valence-electron chi connectivity index (χ2n) is 6.52. The number of ether oxygens (including phenoxy) is 1. The van der Waals surface area contributed by atoms with Crippen LogP contribution in [0, 0.1) is 5.82 Å². The molecule has 1 fully saturated rings. The Morgan fingerprint density at radius 2 is 2.00 bits per heavy atom. The molecule has 8 heteroatoms. The Bertz CT molecular complexity index is 966. The molecule has 140 valence electrons. The number of amides is 2. The number of pyridine rings is 1. The summed E-state index contributed by atoms with van der Waals surface area (Å²) in [5.74, 6) is 0.0438. The predicted molar refractivity (Wildman–Crippen MR) is 101 cm³/mol. The number of carbonyl (C=O) groups is 1. The fourth-order valence-corrected chi connectivity index (χ4v) is 3.02. The number of aromatic nitrogens is 2. The van der Waals surface area contributed by atoms with Crippen molar-refractivity contribution >= 4 is 22.8 Å². The Balaban J connectivity index is 1.46. The molecule has 0 unspecified atom stereocenters. The van der Waals surface area contributed by atoms with E-state index in [0.717, 1.165) is 18.5 Å². The number of fused-ring (bicyclic) bond motifs is 1. The van der Waals surface area contributed by atoms with Crippen molar-refractivity contribution in [2.45, 2.75) is 0 Å². The van der Waals surface area contributed by atoms with Crippen molar-refractivity contribution < 1.29 is 13.9 Å². The minimum atomic E-state index is -0.549. The molecule has 1 aliphatic heterocycles. The third-order valence-electron chi connectivity index (χ3n) is 4.61. The lowest BCUT2D eigenvalue weighted by Crippen LogP contribution is -2.48. The van der Waals surface area contributed by atoms with E-state index in [1.54, 1.807) is 29.4 Å². The second-order valence-corrected chi connectivity index (χ2v) is 6.52. The fraction of sp³-hybridized carbons (Fsp3) is 0.263. The van der Waals surface area contributed by atoms with Crippen LogP contribution in [0.5, 0.6) is 11.5 Å². The van der Waals surface area contributed by atoms with Gasteiger partial charge in [0.2, 0.25) is 0 Å². The highest BCUT2D eigenvalue weighted by Crippen LogP contribution is 2.31. The summed E-state index contributed by atoms with van der Waals surface area (Å²) in [5, 5.41) is 3.51. The second kappa shape index (κ2) is 7.24. The smallest absolute Gasteiger partial charge is 0.321 e. The van der Waals surface area contributed by atoms with Crippen LogP contribution in [0.15, 0.2) is 42.7 Å². The molecule has 1 saturated heterocycles. The molecular weight excluding hydrogens is 349 g/mol. The quantitative estimate of drug-likeness (QED) is 0.743. The molecule has 0 spiro atoms. The molecule has 3 aromatic rings. The van der Waals surface area contributed by atoms with Crippen LogP contribution < -0.4 is 10.1 Å². The van der Waals surface area contributed by atoms with Crippen LogP contribution in [0.25, 0.3) is 11.0 Å². The third kappa shape index (κ3) is 3.70. The number of H-pyrrole nitrogens is 1. The number of anilines is 1. The molecule has 0 atom stereocenters. The summed E-state index contributed by atoms with van der Waals surface area (Å²) < 4.78 is 20.2. The number of carbonyl (C=O) groups excluding carboxylic acids is 1. The first-order valence-corrected chi connectivity index (χ1v) is 8.74. The van der Waals surface area contributed by atoms with Gasteiger partial charge in [0.1, 0.15) is 11.4 Å². The number of benzene rings is 1. The summed E-state index contributed by atoms with van der Waals surface area (Å²) in [6.45, 7) is 2.96. The molecule has 1 aliphatic rings. The molecule has 0 radical (unpaired) electrons. The van der Waals surface area contributed by atoms with Crippen molar-refractivity contribution in [1.82, 2.24) is 19.8 Å². The monoisotopic (exact) mass is 369 g/mol. The Morgan fingerprint density at radius 1 is 1.19 bits per heavy atom. The lowest BCUT2D eigenvalue weighted by Gasteiger charge is -2.32. The maximum atomic E-state index is 14.5. The number of rotatable bonds is 3. The number of halogens is 1. The third-order valence-corrected chi connectivity index (χ3v) is 4.61. The SMILES string of the molecule is CN1CCN(C(=O)Nc2ccc(Oc3ccnc4[nH]ccc34)c(F)c2)CC1. The van der Waals surface area contributed by atoms with Gasteiger partial charge in [-0.15, -0.1) is 0 Å². The van der Waals surface area contributed by atoms with E-state index < -0.39 is 5.82 Å². The Kier molecular flexibility index (Phi) is 4.64. The molecule has 2 N–H and O–H groups in total. The van der Waals surface area contributed by atoms with Gasteiger partial charge in [-0.1, -0.05) is 0 Å². The van der Waals surface area contributed by atoms with Crippen molar-refractivity contribution in [2.75, 3.05) is 38.5 Å². The van der Waals surface area contributed by atoms with Crippen molar-refractivity contribution in [3.8, 4) is 11.5 Å². The van der Waals surface area contributed by atoms with Gasteiger partial charge in [-0.3, -0.25) is 0 Å². The zero-order chi connectivity index (χ0) is 18.8. The number of hydrogen-bond acceptors (Lipinski definition) is 4. The highest BCUT2D eigenvalue weighted by molar-refractivity contribution is 5.89. The molecule has 1 aromatic carbocycles. The topological polar surface area (TPSA) is 73.5 Å². The van der Waals surface area contributed by atoms with E-state index >= 15 is 0 Å². The standard InChI is InChI=1S/C19H20FN5O2/c1-24-8-10-25(11-9-24)19(26)23-13-2-3-17(15(20)12-13)27-16-5-7-22-18-14(16)4-6-21-18/h2-7,12H,8-11H2,1H3,(H,21,22)(H,23,26). The van der Waals surface area contributed by atoms with Gasteiger partial charge in [0, 0.05) is 50.3 Å². The fourth-order valence-electron chi connectivity index (χ4n) is 3.02. The lowest BCUT2D eigenvalue weighted by atomic mass is 10.2. The highest BCUT2D eigenvalue weighted by atomic mass is 19.1. The first-order chi connectivity index (χ1) is 13.1. The first kappa shape index (κ1) is 17.3. The molecule has 2 aromatic heterocycles. The normalized spacial score (nSPS) is 15.1. The molecule has 2 amide bonds. The summed E-state index contributed by atoms with van der Waals surface area (Å²) in [4.78, 5) is 23.4. The van der Waals surface area contributed by atoms with Gasteiger partial charge in [-0.05, 0) is 31.3 Å². The van der Waals surface area contributed by atoms with E-state index in [1.165, 1.54) is 12.1 Å². The number of aromatic amines is 1. The molecular formula is C19H20FN5O2.